The van der Waals surface area contributed by atoms with Gasteiger partial charge in [-0.3, -0.25) is 9.32 Å². The van der Waals surface area contributed by atoms with E-state index >= 15 is 0 Å². The molecule has 10 heteroatoms. The van der Waals surface area contributed by atoms with Gasteiger partial charge < -0.3 is 25.1 Å². The summed E-state index contributed by atoms with van der Waals surface area (Å²) >= 11 is 0. The molecule has 15 heavy (non-hydrogen) atoms. The second-order valence-electron chi connectivity index (χ2n) is 2.51. The second kappa shape index (κ2) is 4.79. The number of aliphatic hydroxyl groups is 2. The number of carboxylic acids is 1. The zero-order valence-corrected chi connectivity index (χ0v) is 8.12. The predicted octanol–water partition coefficient (Wildman–Crippen LogP) is -2.53. The first-order valence-corrected chi connectivity index (χ1v) is 4.96. The van der Waals surface area contributed by atoms with Crippen LogP contribution in [0.2, 0.25) is 0 Å². The summed E-state index contributed by atoms with van der Waals surface area (Å²) in [6.45, 7) is -2.75. The van der Waals surface area contributed by atoms with Crippen LogP contribution in [0.4, 0.5) is 0 Å². The van der Waals surface area contributed by atoms with Gasteiger partial charge in [-0.2, -0.15) is 0 Å². The van der Waals surface area contributed by atoms with E-state index in [0.717, 1.165) is 0 Å². The van der Waals surface area contributed by atoms with Crippen molar-refractivity contribution in [1.29, 1.82) is 0 Å². The lowest BCUT2D eigenvalue weighted by molar-refractivity contribution is -0.170. The molecule has 0 fully saturated rings. The summed E-state index contributed by atoms with van der Waals surface area (Å²) in [5, 5.41) is 25.8. The molecule has 0 aliphatic heterocycles. The van der Waals surface area contributed by atoms with E-state index < -0.39 is 38.4 Å². The number of hydrogen-bond donors (Lipinski definition) is 5. The van der Waals surface area contributed by atoms with Crippen molar-refractivity contribution >= 4 is 19.6 Å². The summed E-state index contributed by atoms with van der Waals surface area (Å²) < 4.78 is 13.8. The fourth-order valence-electron chi connectivity index (χ4n) is 0.537. The van der Waals surface area contributed by atoms with Crippen LogP contribution < -0.4 is 0 Å². The van der Waals surface area contributed by atoms with Gasteiger partial charge in [0.1, 0.15) is 6.61 Å². The lowest BCUT2D eigenvalue weighted by Crippen LogP contribution is -2.51. The number of ketones is 1. The van der Waals surface area contributed by atoms with Crippen molar-refractivity contribution in [2.24, 2.45) is 0 Å². The summed E-state index contributed by atoms with van der Waals surface area (Å²) in [6.07, 6.45) is 0. The fourth-order valence-corrected chi connectivity index (χ4v) is 0.823. The van der Waals surface area contributed by atoms with E-state index in [4.69, 9.17) is 25.1 Å². The largest absolute Gasteiger partial charge is 0.479 e. The van der Waals surface area contributed by atoms with E-state index in [1.54, 1.807) is 0 Å². The number of Topliss-reactive ketones (excluding diaryl/α,β-unsaturated/α-hetero) is 1. The highest BCUT2D eigenvalue weighted by atomic mass is 31.2. The SMILES string of the molecule is O=C(O)C(O)(CO)C(=O)COP(=O)(O)O. The van der Waals surface area contributed by atoms with Crippen LogP contribution in [-0.4, -0.2) is 55.7 Å². The summed E-state index contributed by atoms with van der Waals surface area (Å²) in [4.78, 5) is 37.6. The third kappa shape index (κ3) is 4.04. The monoisotopic (exact) mass is 244 g/mol. The van der Waals surface area contributed by atoms with E-state index in [9.17, 15) is 14.2 Å². The summed E-state index contributed by atoms with van der Waals surface area (Å²) in [5.41, 5.74) is -3.12. The van der Waals surface area contributed by atoms with E-state index in [1.165, 1.54) is 0 Å². The normalized spacial score (nSPS) is 15.7. The molecule has 0 aliphatic rings. The Labute approximate surface area is 83.2 Å². The minimum absolute atomic E-state index is 1.33. The van der Waals surface area contributed by atoms with Gasteiger partial charge in [-0.15, -0.1) is 0 Å². The third-order valence-corrected chi connectivity index (χ3v) is 1.87. The van der Waals surface area contributed by atoms with Gasteiger partial charge in [0.15, 0.2) is 0 Å². The minimum Gasteiger partial charge on any atom is -0.479 e. The highest BCUT2D eigenvalue weighted by Gasteiger charge is 2.44. The number of aliphatic hydroxyl groups excluding tert-OH is 1. The van der Waals surface area contributed by atoms with Crippen LogP contribution in [0.5, 0.6) is 0 Å². The van der Waals surface area contributed by atoms with Crippen molar-refractivity contribution in [2.75, 3.05) is 13.2 Å². The smallest absolute Gasteiger partial charge is 0.470 e. The Balaban J connectivity index is 4.56. The van der Waals surface area contributed by atoms with E-state index in [1.807, 2.05) is 0 Å². The number of aliphatic carboxylic acids is 1. The van der Waals surface area contributed by atoms with E-state index in [2.05, 4.69) is 4.52 Å². The number of carboxylic acid groups (broad SMARTS) is 1. The molecule has 0 radical (unpaired) electrons. The minimum atomic E-state index is -4.94. The second-order valence-corrected chi connectivity index (χ2v) is 3.75. The van der Waals surface area contributed by atoms with Gasteiger partial charge in [0, 0.05) is 0 Å². The number of carbonyl (C=O) groups is 2. The Morgan fingerprint density at radius 2 is 1.80 bits per heavy atom. The van der Waals surface area contributed by atoms with Crippen LogP contribution in [0, 0.1) is 0 Å². The first-order valence-electron chi connectivity index (χ1n) is 3.43. The standard InChI is InChI=1S/C5H9O9P/c6-2-5(10,4(8)9)3(7)1-14-15(11,12)13/h6,10H,1-2H2,(H,8,9)(H2,11,12,13). The van der Waals surface area contributed by atoms with Crippen LogP contribution in [0.25, 0.3) is 0 Å². The number of phosphoric ester groups is 1. The molecule has 0 aromatic rings. The Hall–Kier alpha value is -0.830. The predicted molar refractivity (Wildman–Crippen MR) is 42.7 cm³/mol. The average molecular weight is 244 g/mol. The molecular formula is C5H9O9P. The molecule has 0 saturated heterocycles. The third-order valence-electron chi connectivity index (χ3n) is 1.41. The highest BCUT2D eigenvalue weighted by Crippen LogP contribution is 2.35. The van der Waals surface area contributed by atoms with Crippen molar-refractivity contribution in [3.05, 3.63) is 0 Å². The maximum Gasteiger partial charge on any atom is 0.470 e. The molecular weight excluding hydrogens is 235 g/mol. The molecule has 0 amide bonds. The molecule has 9 nitrogen and oxygen atoms in total. The Kier molecular flexibility index (Phi) is 4.53. The first kappa shape index (κ1) is 14.2. The molecule has 0 rings (SSSR count). The van der Waals surface area contributed by atoms with Crippen molar-refractivity contribution in [3.63, 3.8) is 0 Å². The van der Waals surface area contributed by atoms with Crippen LogP contribution >= 0.6 is 7.82 Å². The number of phosphoric acid groups is 1. The van der Waals surface area contributed by atoms with Gasteiger partial charge in [-0.1, -0.05) is 0 Å². The van der Waals surface area contributed by atoms with Crippen molar-refractivity contribution in [3.8, 4) is 0 Å². The van der Waals surface area contributed by atoms with Crippen LogP contribution in [0.3, 0.4) is 0 Å². The molecule has 88 valence electrons. The zero-order valence-electron chi connectivity index (χ0n) is 7.23. The molecule has 0 saturated carbocycles. The Morgan fingerprint density at radius 1 is 1.33 bits per heavy atom. The van der Waals surface area contributed by atoms with Crippen LogP contribution in [-0.2, 0) is 18.7 Å². The lowest BCUT2D eigenvalue weighted by Gasteiger charge is -2.18. The van der Waals surface area contributed by atoms with Crippen LogP contribution in [0.1, 0.15) is 0 Å². The average Bonchev–Trinajstić information content (AvgIpc) is 2.11. The van der Waals surface area contributed by atoms with E-state index in [0.29, 0.717) is 0 Å². The maximum atomic E-state index is 10.9. The topological polar surface area (TPSA) is 162 Å². The Bertz CT molecular complexity index is 306. The van der Waals surface area contributed by atoms with Gasteiger partial charge in [0.25, 0.3) is 0 Å². The van der Waals surface area contributed by atoms with Crippen molar-refractivity contribution in [1.82, 2.24) is 0 Å². The van der Waals surface area contributed by atoms with Gasteiger partial charge >= 0.3 is 13.8 Å². The quantitative estimate of drug-likeness (QED) is 0.250. The van der Waals surface area contributed by atoms with Crippen molar-refractivity contribution in [2.45, 2.75) is 5.60 Å². The summed E-state index contributed by atoms with van der Waals surface area (Å²) in [5.74, 6) is -3.61. The van der Waals surface area contributed by atoms with Gasteiger partial charge in [0.2, 0.25) is 11.4 Å². The molecule has 0 aliphatic carbocycles. The Morgan fingerprint density at radius 3 is 2.07 bits per heavy atom. The van der Waals surface area contributed by atoms with Gasteiger partial charge in [0.05, 0.1) is 6.61 Å². The molecule has 0 aromatic carbocycles. The lowest BCUT2D eigenvalue weighted by atomic mass is 10.0. The molecule has 0 spiro atoms. The number of hydrogen-bond acceptors (Lipinski definition) is 6. The number of carbonyl (C=O) groups excluding carboxylic acids is 1. The summed E-state index contributed by atoms with van der Waals surface area (Å²) in [6, 6.07) is 0. The van der Waals surface area contributed by atoms with E-state index in [-0.39, 0.29) is 0 Å². The number of rotatable bonds is 6. The first-order chi connectivity index (χ1) is 6.63. The highest BCUT2D eigenvalue weighted by molar-refractivity contribution is 7.46. The van der Waals surface area contributed by atoms with Gasteiger partial charge in [-0.05, 0) is 0 Å². The van der Waals surface area contributed by atoms with Crippen LogP contribution in [0.15, 0.2) is 0 Å². The van der Waals surface area contributed by atoms with Crippen molar-refractivity contribution < 1.29 is 43.8 Å². The summed E-state index contributed by atoms with van der Waals surface area (Å²) in [7, 11) is -4.94. The molecule has 0 aromatic heterocycles. The van der Waals surface area contributed by atoms with Gasteiger partial charge in [-0.25, -0.2) is 9.36 Å². The zero-order chi connectivity index (χ0) is 12.3. The molecule has 1 atom stereocenters. The molecule has 0 bridgehead atoms. The molecule has 0 heterocycles. The molecule has 5 N–H and O–H groups in total. The maximum absolute atomic E-state index is 10.9. The fraction of sp³-hybridized carbons (Fsp3) is 0.600. The molecule has 1 unspecified atom stereocenters.